The third kappa shape index (κ3) is 3.95. The van der Waals surface area contributed by atoms with E-state index in [1.807, 2.05) is 115 Å². The molecule has 1 aromatic heterocycles. The van der Waals surface area contributed by atoms with Crippen molar-refractivity contribution in [1.82, 2.24) is 4.98 Å². The average Bonchev–Trinajstić information content (AvgIpc) is 3.25. The lowest BCUT2D eigenvalue weighted by Gasteiger charge is -2.33. The lowest BCUT2D eigenvalue weighted by Crippen LogP contribution is -2.28. The maximum Gasteiger partial charge on any atom is 0.308 e. The lowest BCUT2D eigenvalue weighted by molar-refractivity contribution is -0.135. The van der Waals surface area contributed by atoms with Crippen molar-refractivity contribution < 1.29 is 14.7 Å². The molecule has 6 heteroatoms. The molecule has 0 atom stereocenters. The van der Waals surface area contributed by atoms with E-state index in [1.54, 1.807) is 6.20 Å². The predicted molar refractivity (Wildman–Crippen MR) is 169 cm³/mol. The van der Waals surface area contributed by atoms with Crippen molar-refractivity contribution >= 4 is 56.8 Å². The van der Waals surface area contributed by atoms with E-state index in [2.05, 4.69) is 24.3 Å². The number of aliphatic carboxylic acids is 1. The molecule has 2 heterocycles. The van der Waals surface area contributed by atoms with Crippen LogP contribution in [0.25, 0.3) is 0 Å². The molecule has 0 saturated carbocycles. The summed E-state index contributed by atoms with van der Waals surface area (Å²) >= 11 is 0. The van der Waals surface area contributed by atoms with Crippen LogP contribution in [-0.2, 0) is 9.59 Å². The van der Waals surface area contributed by atoms with Crippen LogP contribution in [0.15, 0.2) is 146 Å². The molecule has 4 aromatic carbocycles. The van der Waals surface area contributed by atoms with Gasteiger partial charge in [0.15, 0.2) is 5.52 Å². The first-order valence-corrected chi connectivity index (χ1v) is 16.6. The van der Waals surface area contributed by atoms with Crippen molar-refractivity contribution in [3.05, 3.63) is 151 Å². The number of carbonyl (C=O) groups is 2. The zero-order valence-electron chi connectivity index (χ0n) is 21.7. The van der Waals surface area contributed by atoms with Gasteiger partial charge in [-0.25, -0.2) is 0 Å². The summed E-state index contributed by atoms with van der Waals surface area (Å²) in [5.74, 6) is -1.01. The Labute approximate surface area is 234 Å². The van der Waals surface area contributed by atoms with Gasteiger partial charge in [0.1, 0.15) is 0 Å². The first-order valence-electron chi connectivity index (χ1n) is 13.0. The lowest BCUT2D eigenvalue weighted by atomic mass is 10.3. The van der Waals surface area contributed by atoms with Gasteiger partial charge in [0.05, 0.1) is 12.1 Å². The topological polar surface area (TPSA) is 67.3 Å². The zero-order valence-corrected chi connectivity index (χ0v) is 23.5. The summed E-state index contributed by atoms with van der Waals surface area (Å²) in [6, 6.07) is 45.7. The number of pyridine rings is 1. The number of hydrogen-bond donors (Lipinski definition) is 1. The van der Waals surface area contributed by atoms with Crippen LogP contribution >= 0.6 is 13.8 Å². The number of nitrogens with zero attached hydrogens (tertiary/aromatic N) is 1. The molecule has 0 spiro atoms. The van der Waals surface area contributed by atoms with E-state index in [0.29, 0.717) is 5.29 Å². The summed E-state index contributed by atoms with van der Waals surface area (Å²) in [4.78, 5) is 33.0. The summed E-state index contributed by atoms with van der Waals surface area (Å²) in [6.07, 6.45) is 1.42. The molecule has 1 N–H and O–H groups in total. The SMILES string of the molecule is O=C(O)CC1=P(c2ccccc2)(c2ccccc2)C(c2ccccn2)=P(c2ccccc2)(c2ccccc2)C1=O. The highest BCUT2D eigenvalue weighted by Crippen LogP contribution is 2.69. The zero-order chi connectivity index (χ0) is 27.6. The second-order valence-corrected chi connectivity index (χ2v) is 16.5. The molecule has 6 rings (SSSR count). The summed E-state index contributed by atoms with van der Waals surface area (Å²) in [7, 11) is 0. The minimum absolute atomic E-state index is 0.0750. The van der Waals surface area contributed by atoms with E-state index in [4.69, 9.17) is 4.98 Å². The number of carbonyl (C=O) groups excluding carboxylic acids is 1. The number of benzene rings is 4. The van der Waals surface area contributed by atoms with E-state index in [9.17, 15) is 9.90 Å². The number of carboxylic acids is 1. The Bertz CT molecular complexity index is 1720. The van der Waals surface area contributed by atoms with Gasteiger partial charge in [-0.15, -0.1) is 0 Å². The molecule has 0 radical (unpaired) electrons. The van der Waals surface area contributed by atoms with Crippen molar-refractivity contribution in [2.75, 3.05) is 0 Å². The summed E-state index contributed by atoms with van der Waals surface area (Å²) in [6.45, 7) is -6.04. The maximum absolute atomic E-state index is 15.4. The molecule has 0 saturated heterocycles. The van der Waals surface area contributed by atoms with Gasteiger partial charge in [-0.1, -0.05) is 127 Å². The quantitative estimate of drug-likeness (QED) is 0.283. The monoisotopic (exact) mass is 559 g/mol. The van der Waals surface area contributed by atoms with Crippen LogP contribution in [0.3, 0.4) is 0 Å². The highest BCUT2D eigenvalue weighted by atomic mass is 31.2. The highest BCUT2D eigenvalue weighted by Gasteiger charge is 2.52. The molecular weight excluding hydrogens is 532 g/mol. The molecule has 0 unspecified atom stereocenters. The normalized spacial score (nSPS) is 15.7. The summed E-state index contributed by atoms with van der Waals surface area (Å²) in [5.41, 5.74) is 0.660. The van der Waals surface area contributed by atoms with Crippen LogP contribution in [-0.4, -0.2) is 31.9 Å². The van der Waals surface area contributed by atoms with Gasteiger partial charge in [-0.05, 0) is 40.2 Å². The molecule has 1 aliphatic heterocycles. The highest BCUT2D eigenvalue weighted by molar-refractivity contribution is 8.26. The molecule has 4 nitrogen and oxygen atoms in total. The van der Waals surface area contributed by atoms with Crippen molar-refractivity contribution in [2.45, 2.75) is 6.42 Å². The van der Waals surface area contributed by atoms with E-state index >= 15 is 4.79 Å². The van der Waals surface area contributed by atoms with Gasteiger partial charge in [-0.2, -0.15) is 0 Å². The van der Waals surface area contributed by atoms with E-state index in [1.165, 1.54) is 0 Å². The van der Waals surface area contributed by atoms with Crippen molar-refractivity contribution in [2.24, 2.45) is 0 Å². The second kappa shape index (κ2) is 10.7. The van der Waals surface area contributed by atoms with E-state index in [0.717, 1.165) is 31.9 Å². The van der Waals surface area contributed by atoms with Crippen LogP contribution in [0.1, 0.15) is 12.1 Å². The fraction of sp³-hybridized carbons (Fsp3) is 0.0294. The molecule has 40 heavy (non-hydrogen) atoms. The van der Waals surface area contributed by atoms with Crippen molar-refractivity contribution in [3.8, 4) is 0 Å². The number of carboxylic acid groups (broad SMARTS) is 1. The Kier molecular flexibility index (Phi) is 6.98. The molecule has 0 aliphatic carbocycles. The van der Waals surface area contributed by atoms with Crippen LogP contribution < -0.4 is 21.2 Å². The number of aromatic nitrogens is 1. The molecule has 196 valence electrons. The van der Waals surface area contributed by atoms with E-state index < -0.39 is 19.7 Å². The molecular formula is C34H27NO3P2. The Morgan fingerprint density at radius 3 is 1.35 bits per heavy atom. The number of hydrogen-bond acceptors (Lipinski definition) is 3. The third-order valence-electron chi connectivity index (χ3n) is 7.38. The van der Waals surface area contributed by atoms with Gasteiger partial charge in [0.25, 0.3) is 0 Å². The standard InChI is InChI=1S/C34H27NO3P2/c36-32(37)25-31-33(38)40(28-19-9-3-10-20-28,29-21-11-4-12-22-29)34(30-23-13-14-24-35-30)39(31,26-15-5-1-6-16-26)27-17-7-2-8-18-27/h1-24H,25H2,(H,36,37). The smallest absolute Gasteiger partial charge is 0.308 e. The maximum atomic E-state index is 15.4. The van der Waals surface area contributed by atoms with E-state index in [-0.39, 0.29) is 11.9 Å². The summed E-state index contributed by atoms with van der Waals surface area (Å²) < 4.78 is 0. The van der Waals surface area contributed by atoms with Gasteiger partial charge in [0, 0.05) is 23.4 Å². The molecule has 0 fully saturated rings. The largest absolute Gasteiger partial charge is 0.481 e. The van der Waals surface area contributed by atoms with Gasteiger partial charge < -0.3 is 5.11 Å². The van der Waals surface area contributed by atoms with Gasteiger partial charge >= 0.3 is 5.97 Å². The Morgan fingerprint density at radius 2 is 0.975 bits per heavy atom. The van der Waals surface area contributed by atoms with Crippen LogP contribution in [0.5, 0.6) is 0 Å². The Balaban J connectivity index is 1.98. The Hall–Kier alpha value is -4.23. The van der Waals surface area contributed by atoms with Crippen LogP contribution in [0.2, 0.25) is 0 Å². The molecule has 5 aromatic rings. The molecule has 0 bridgehead atoms. The minimum atomic E-state index is -3.08. The van der Waals surface area contributed by atoms with Crippen LogP contribution in [0.4, 0.5) is 0 Å². The average molecular weight is 560 g/mol. The van der Waals surface area contributed by atoms with Crippen LogP contribution in [0, 0.1) is 0 Å². The Morgan fingerprint density at radius 1 is 0.575 bits per heavy atom. The first-order chi connectivity index (χ1) is 19.6. The first kappa shape index (κ1) is 26.0. The fourth-order valence-electron chi connectivity index (χ4n) is 5.90. The predicted octanol–water partition coefficient (Wildman–Crippen LogP) is 5.08. The van der Waals surface area contributed by atoms with Crippen molar-refractivity contribution in [1.29, 1.82) is 0 Å². The van der Waals surface area contributed by atoms with Gasteiger partial charge in [0.2, 0.25) is 0 Å². The third-order valence-corrected chi connectivity index (χ3v) is 17.4. The summed E-state index contributed by atoms with van der Waals surface area (Å²) in [5, 5.41) is 15.5. The fourth-order valence-corrected chi connectivity index (χ4v) is 18.3. The van der Waals surface area contributed by atoms with Gasteiger partial charge in [-0.3, -0.25) is 14.6 Å². The second-order valence-electron chi connectivity index (χ2n) is 9.54. The van der Waals surface area contributed by atoms with Crippen molar-refractivity contribution in [3.63, 3.8) is 0 Å². The molecule has 1 aliphatic rings. The minimum Gasteiger partial charge on any atom is -0.481 e. The number of rotatable bonds is 7. The molecule has 0 amide bonds.